The molecule has 1 fully saturated rings. The van der Waals surface area contributed by atoms with E-state index >= 15 is 0 Å². The summed E-state index contributed by atoms with van der Waals surface area (Å²) < 4.78 is 0. The van der Waals surface area contributed by atoms with E-state index in [1.807, 2.05) is 30.3 Å². The summed E-state index contributed by atoms with van der Waals surface area (Å²) in [5.74, 6) is 0.208. The van der Waals surface area contributed by atoms with Crippen molar-refractivity contribution in [2.45, 2.75) is 38.0 Å². The Balaban J connectivity index is 2.15. The molecule has 2 aromatic rings. The molecule has 2 heteroatoms. The fourth-order valence-corrected chi connectivity index (χ4v) is 3.46. The van der Waals surface area contributed by atoms with E-state index in [4.69, 9.17) is 5.73 Å². The predicted molar refractivity (Wildman–Crippen MR) is 86.2 cm³/mol. The first-order valence-electron chi connectivity index (χ1n) is 7.75. The minimum absolute atomic E-state index is 0.341. The third-order valence-corrected chi connectivity index (χ3v) is 4.47. The number of hydrogen-bond acceptors (Lipinski definition) is 1. The highest BCUT2D eigenvalue weighted by Crippen LogP contribution is 2.39. The molecule has 0 aliphatic heterocycles. The highest BCUT2D eigenvalue weighted by atomic mass is 16.1. The Morgan fingerprint density at radius 3 is 2.29 bits per heavy atom. The van der Waals surface area contributed by atoms with Gasteiger partial charge in [-0.05, 0) is 41.5 Å². The molecule has 0 unspecified atom stereocenters. The van der Waals surface area contributed by atoms with E-state index in [9.17, 15) is 4.79 Å². The van der Waals surface area contributed by atoms with Crippen LogP contribution in [0.1, 0.15) is 53.9 Å². The van der Waals surface area contributed by atoms with Crippen LogP contribution in [0.15, 0.2) is 48.5 Å². The number of hydrogen-bond donors (Lipinski definition) is 1. The van der Waals surface area contributed by atoms with E-state index < -0.39 is 0 Å². The molecule has 3 rings (SSSR count). The molecule has 1 aliphatic carbocycles. The fraction of sp³-hybridized carbons (Fsp3) is 0.316. The summed E-state index contributed by atoms with van der Waals surface area (Å²) in [7, 11) is 0. The van der Waals surface area contributed by atoms with E-state index in [0.717, 1.165) is 11.1 Å². The van der Waals surface area contributed by atoms with Gasteiger partial charge in [0.1, 0.15) is 0 Å². The van der Waals surface area contributed by atoms with E-state index in [2.05, 4.69) is 18.2 Å². The molecule has 2 nitrogen and oxygen atoms in total. The lowest BCUT2D eigenvalue weighted by Gasteiger charge is -2.25. The smallest absolute Gasteiger partial charge is 0.249 e. The summed E-state index contributed by atoms with van der Waals surface area (Å²) >= 11 is 0. The molecule has 2 N–H and O–H groups in total. The average Bonchev–Trinajstić information content (AvgIpc) is 2.55. The molecule has 0 radical (unpaired) electrons. The van der Waals surface area contributed by atoms with Crippen molar-refractivity contribution in [3.8, 4) is 11.1 Å². The number of carbonyl (C=O) groups excluding carboxylic acids is 1. The second-order valence-electron chi connectivity index (χ2n) is 5.84. The van der Waals surface area contributed by atoms with E-state index in [0.29, 0.717) is 11.5 Å². The molecule has 0 heterocycles. The monoisotopic (exact) mass is 279 g/mol. The quantitative estimate of drug-likeness (QED) is 0.883. The maximum Gasteiger partial charge on any atom is 0.249 e. The third-order valence-electron chi connectivity index (χ3n) is 4.47. The molecule has 0 bridgehead atoms. The molecule has 0 atom stereocenters. The van der Waals surface area contributed by atoms with Crippen molar-refractivity contribution in [2.75, 3.05) is 0 Å². The van der Waals surface area contributed by atoms with Gasteiger partial charge in [0.15, 0.2) is 0 Å². The van der Waals surface area contributed by atoms with Gasteiger partial charge in [0.25, 0.3) is 0 Å². The van der Waals surface area contributed by atoms with Gasteiger partial charge >= 0.3 is 0 Å². The van der Waals surface area contributed by atoms with Crippen LogP contribution < -0.4 is 5.73 Å². The predicted octanol–water partition coefficient (Wildman–Crippen LogP) is 4.50. The molecule has 2 aromatic carbocycles. The fourth-order valence-electron chi connectivity index (χ4n) is 3.46. The second-order valence-corrected chi connectivity index (χ2v) is 5.84. The van der Waals surface area contributed by atoms with Crippen molar-refractivity contribution < 1.29 is 4.79 Å². The Hall–Kier alpha value is -2.09. The number of nitrogens with two attached hydrogens (primary N) is 1. The van der Waals surface area contributed by atoms with E-state index in [1.165, 1.54) is 37.7 Å². The van der Waals surface area contributed by atoms with Crippen LogP contribution >= 0.6 is 0 Å². The lowest BCUT2D eigenvalue weighted by atomic mass is 9.79. The summed E-state index contributed by atoms with van der Waals surface area (Å²) in [5, 5.41) is 0. The minimum atomic E-state index is -0.341. The van der Waals surface area contributed by atoms with Crippen LogP contribution in [0.3, 0.4) is 0 Å². The lowest BCUT2D eigenvalue weighted by molar-refractivity contribution is 0.100. The van der Waals surface area contributed by atoms with Crippen molar-refractivity contribution in [2.24, 2.45) is 5.73 Å². The topological polar surface area (TPSA) is 43.1 Å². The average molecular weight is 279 g/mol. The largest absolute Gasteiger partial charge is 0.366 e. The molecule has 0 aromatic heterocycles. The van der Waals surface area contributed by atoms with Gasteiger partial charge in [-0.1, -0.05) is 61.7 Å². The van der Waals surface area contributed by atoms with Crippen LogP contribution in [0.5, 0.6) is 0 Å². The Labute approximate surface area is 126 Å². The van der Waals surface area contributed by atoms with Crippen LogP contribution in [0.25, 0.3) is 11.1 Å². The Kier molecular flexibility index (Phi) is 4.05. The SMILES string of the molecule is NC(=O)c1cccc(C2CCCCC2)c1-c1ccccc1. The van der Waals surface area contributed by atoms with Crippen LogP contribution in [-0.2, 0) is 0 Å². The van der Waals surface area contributed by atoms with Gasteiger partial charge in [-0.2, -0.15) is 0 Å². The van der Waals surface area contributed by atoms with Crippen LogP contribution in [0, 0.1) is 0 Å². The molecule has 1 aliphatic rings. The maximum atomic E-state index is 11.9. The highest BCUT2D eigenvalue weighted by Gasteiger charge is 2.22. The van der Waals surface area contributed by atoms with Gasteiger partial charge in [0.05, 0.1) is 0 Å². The first-order chi connectivity index (χ1) is 10.3. The molecule has 1 saturated carbocycles. The van der Waals surface area contributed by atoms with Gasteiger partial charge in [-0.25, -0.2) is 0 Å². The van der Waals surface area contributed by atoms with Crippen LogP contribution in [0.4, 0.5) is 0 Å². The second kappa shape index (κ2) is 6.13. The molecular weight excluding hydrogens is 258 g/mol. The highest BCUT2D eigenvalue weighted by molar-refractivity contribution is 6.00. The van der Waals surface area contributed by atoms with Crippen molar-refractivity contribution >= 4 is 5.91 Å². The summed E-state index contributed by atoms with van der Waals surface area (Å²) in [4.78, 5) is 11.9. The summed E-state index contributed by atoms with van der Waals surface area (Å²) in [5.41, 5.74) is 9.67. The van der Waals surface area contributed by atoms with E-state index in [1.54, 1.807) is 0 Å². The van der Waals surface area contributed by atoms with Gasteiger partial charge < -0.3 is 5.73 Å². The third kappa shape index (κ3) is 2.85. The number of rotatable bonds is 3. The zero-order valence-corrected chi connectivity index (χ0v) is 12.2. The zero-order valence-electron chi connectivity index (χ0n) is 12.2. The normalized spacial score (nSPS) is 15.8. The molecule has 1 amide bonds. The minimum Gasteiger partial charge on any atom is -0.366 e. The Morgan fingerprint density at radius 2 is 1.62 bits per heavy atom. The Bertz CT molecular complexity index is 627. The van der Waals surface area contributed by atoms with Crippen molar-refractivity contribution in [1.82, 2.24) is 0 Å². The molecule has 21 heavy (non-hydrogen) atoms. The zero-order chi connectivity index (χ0) is 14.7. The molecule has 0 spiro atoms. The van der Waals surface area contributed by atoms with Gasteiger partial charge in [-0.3, -0.25) is 4.79 Å². The van der Waals surface area contributed by atoms with Crippen LogP contribution in [0.2, 0.25) is 0 Å². The number of carbonyl (C=O) groups is 1. The summed E-state index contributed by atoms with van der Waals surface area (Å²) in [6, 6.07) is 16.1. The standard InChI is InChI=1S/C19H21NO/c20-19(21)17-13-7-12-16(14-8-3-1-4-9-14)18(17)15-10-5-2-6-11-15/h2,5-7,10-14H,1,3-4,8-9H2,(H2,20,21). The number of amides is 1. The molecular formula is C19H21NO. The van der Waals surface area contributed by atoms with E-state index in [-0.39, 0.29) is 5.91 Å². The number of primary amides is 1. The van der Waals surface area contributed by atoms with Crippen molar-refractivity contribution in [1.29, 1.82) is 0 Å². The van der Waals surface area contributed by atoms with Gasteiger partial charge in [0.2, 0.25) is 5.91 Å². The lowest BCUT2D eigenvalue weighted by Crippen LogP contribution is -2.15. The van der Waals surface area contributed by atoms with Gasteiger partial charge in [-0.15, -0.1) is 0 Å². The van der Waals surface area contributed by atoms with Crippen molar-refractivity contribution in [3.05, 3.63) is 59.7 Å². The number of benzene rings is 2. The molecule has 0 saturated heterocycles. The molecule has 108 valence electrons. The maximum absolute atomic E-state index is 11.9. The first-order valence-corrected chi connectivity index (χ1v) is 7.75. The Morgan fingerprint density at radius 1 is 0.905 bits per heavy atom. The van der Waals surface area contributed by atoms with Gasteiger partial charge in [0, 0.05) is 5.56 Å². The van der Waals surface area contributed by atoms with Crippen molar-refractivity contribution in [3.63, 3.8) is 0 Å². The first kappa shape index (κ1) is 13.9. The summed E-state index contributed by atoms with van der Waals surface area (Å²) in [6.45, 7) is 0. The van der Waals surface area contributed by atoms with Crippen LogP contribution in [-0.4, -0.2) is 5.91 Å². The summed E-state index contributed by atoms with van der Waals surface area (Å²) in [6.07, 6.45) is 6.30.